The number of nitrogens with one attached hydrogen (secondary N) is 4. The molecule has 5 aromatic rings. The van der Waals surface area contributed by atoms with Gasteiger partial charge in [-0.15, -0.1) is 0 Å². The molecular weight excluding hydrogens is 796 g/mol. The average molecular weight is 849 g/mol. The van der Waals surface area contributed by atoms with Gasteiger partial charge in [-0.25, -0.2) is 19.6 Å². The van der Waals surface area contributed by atoms with Gasteiger partial charge in [0.15, 0.2) is 0 Å². The Bertz CT molecular complexity index is 2460. The van der Waals surface area contributed by atoms with E-state index in [1.54, 1.807) is 0 Å². The van der Waals surface area contributed by atoms with E-state index in [0.29, 0.717) is 29.1 Å². The van der Waals surface area contributed by atoms with Crippen LogP contribution in [0.2, 0.25) is 5.15 Å². The molecule has 61 heavy (non-hydrogen) atoms. The summed E-state index contributed by atoms with van der Waals surface area (Å²) in [6.45, 7) is 10.3. The second-order valence-electron chi connectivity index (χ2n) is 17.4. The van der Waals surface area contributed by atoms with Gasteiger partial charge in [-0.3, -0.25) is 9.59 Å². The Hall–Kier alpha value is -5.89. The van der Waals surface area contributed by atoms with Crippen LogP contribution in [0.1, 0.15) is 77.6 Å². The fourth-order valence-corrected chi connectivity index (χ4v) is 9.34. The molecule has 0 radical (unpaired) electrons. The van der Waals surface area contributed by atoms with Crippen molar-refractivity contribution >= 4 is 46.4 Å². The second kappa shape index (κ2) is 16.9. The zero-order chi connectivity index (χ0) is 43.3. The Morgan fingerprint density at radius 3 is 1.97 bits per heavy atom. The number of piperidine rings is 1. The standard InChI is InChI=1S/C46H53ClN8O6/c1-23(2)37(51-45(58)60-6)43(56)54-22-25(5)16-35(54)41-48-21-33(49-41)31-15-14-29-17-28(12-13-30(29)18-31)26-8-10-27(11-9-26)39-40(47)53-42(50-39)36-20-32-19-34(32)55(36)44(57)38(24(3)4)52-46(59)61-7/h8-15,17-18,21,23-25,32,34-38H,16,19-20,22H2,1-7H3,(H,48,49)(H,50,53)(H,51,58)(H,52,59)/t25-,32+,34+,35-,36-,37-,38-/m0/s1. The number of alkyl carbamates (subject to hydrolysis) is 2. The van der Waals surface area contributed by atoms with Crippen LogP contribution < -0.4 is 10.6 Å². The first-order chi connectivity index (χ1) is 29.2. The van der Waals surface area contributed by atoms with Crippen LogP contribution in [0.5, 0.6) is 0 Å². The average Bonchev–Trinajstić information content (AvgIpc) is 3.66. The van der Waals surface area contributed by atoms with Gasteiger partial charge in [0.05, 0.1) is 38.2 Å². The van der Waals surface area contributed by atoms with Crippen molar-refractivity contribution in [3.8, 4) is 33.6 Å². The number of aromatic amines is 2. The lowest BCUT2D eigenvalue weighted by Gasteiger charge is -2.31. The third-order valence-electron chi connectivity index (χ3n) is 12.5. The summed E-state index contributed by atoms with van der Waals surface area (Å²) >= 11 is 6.78. The van der Waals surface area contributed by atoms with E-state index < -0.39 is 24.3 Å². The first kappa shape index (κ1) is 41.8. The summed E-state index contributed by atoms with van der Waals surface area (Å²) < 4.78 is 9.59. The predicted octanol–water partition coefficient (Wildman–Crippen LogP) is 8.27. The molecule has 2 aromatic heterocycles. The van der Waals surface area contributed by atoms with Crippen LogP contribution in [0, 0.1) is 23.7 Å². The molecule has 1 saturated carbocycles. The molecule has 3 aliphatic rings. The lowest BCUT2D eigenvalue weighted by atomic mass is 9.98. The van der Waals surface area contributed by atoms with Crippen LogP contribution >= 0.6 is 11.6 Å². The summed E-state index contributed by atoms with van der Waals surface area (Å²) in [5, 5.41) is 8.00. The number of hydrogen-bond acceptors (Lipinski definition) is 8. The summed E-state index contributed by atoms with van der Waals surface area (Å²) in [6, 6.07) is 19.0. The van der Waals surface area contributed by atoms with Crippen LogP contribution in [-0.4, -0.2) is 92.6 Å². The van der Waals surface area contributed by atoms with Crippen molar-refractivity contribution in [2.24, 2.45) is 23.7 Å². The van der Waals surface area contributed by atoms with Gasteiger partial charge in [0.1, 0.15) is 34.6 Å². The van der Waals surface area contributed by atoms with Gasteiger partial charge in [-0.1, -0.05) is 94.8 Å². The highest BCUT2D eigenvalue weighted by Gasteiger charge is 2.56. The minimum atomic E-state index is -0.714. The summed E-state index contributed by atoms with van der Waals surface area (Å²) in [5.74, 6) is 1.50. The van der Waals surface area contributed by atoms with Crippen molar-refractivity contribution < 1.29 is 28.7 Å². The summed E-state index contributed by atoms with van der Waals surface area (Å²) in [4.78, 5) is 71.9. The Kier molecular flexibility index (Phi) is 11.6. The van der Waals surface area contributed by atoms with Crippen molar-refractivity contribution in [1.29, 1.82) is 0 Å². The molecule has 7 atom stereocenters. The molecule has 14 nitrogen and oxygen atoms in total. The lowest BCUT2D eigenvalue weighted by molar-refractivity contribution is -0.137. The molecule has 3 fully saturated rings. The normalized spacial score (nSPS) is 21.7. The van der Waals surface area contributed by atoms with Crippen molar-refractivity contribution in [2.45, 2.75) is 84.1 Å². The first-order valence-electron chi connectivity index (χ1n) is 21.0. The number of H-pyrrole nitrogens is 2. The van der Waals surface area contributed by atoms with E-state index in [0.717, 1.165) is 63.8 Å². The third kappa shape index (κ3) is 8.29. The molecule has 3 aromatic carbocycles. The Morgan fingerprint density at radius 1 is 0.738 bits per heavy atom. The van der Waals surface area contributed by atoms with Crippen molar-refractivity contribution in [3.05, 3.63) is 83.7 Å². The fraction of sp³-hybridized carbons (Fsp3) is 0.435. The lowest BCUT2D eigenvalue weighted by Crippen LogP contribution is -2.52. The molecule has 320 valence electrons. The van der Waals surface area contributed by atoms with E-state index in [-0.39, 0.29) is 47.7 Å². The van der Waals surface area contributed by atoms with Gasteiger partial charge in [-0.2, -0.15) is 0 Å². The minimum Gasteiger partial charge on any atom is -0.453 e. The Labute approximate surface area is 360 Å². The largest absolute Gasteiger partial charge is 0.453 e. The van der Waals surface area contributed by atoms with Gasteiger partial charge >= 0.3 is 12.2 Å². The van der Waals surface area contributed by atoms with E-state index in [1.165, 1.54) is 14.2 Å². The Balaban J connectivity index is 0.965. The molecular formula is C46H53ClN8O6. The van der Waals surface area contributed by atoms with Crippen molar-refractivity contribution in [1.82, 2.24) is 40.4 Å². The van der Waals surface area contributed by atoms with Crippen LogP contribution in [-0.2, 0) is 19.1 Å². The van der Waals surface area contributed by atoms with Crippen LogP contribution in [0.4, 0.5) is 9.59 Å². The van der Waals surface area contributed by atoms with Crippen LogP contribution in [0.15, 0.2) is 66.9 Å². The monoisotopic (exact) mass is 848 g/mol. The molecule has 2 saturated heterocycles. The number of fused-ring (bicyclic) bond motifs is 2. The molecule has 0 unspecified atom stereocenters. The highest BCUT2D eigenvalue weighted by Crippen LogP contribution is 2.54. The number of methoxy groups -OCH3 is 2. The number of carbonyl (C=O) groups is 4. The molecule has 4 amide bonds. The molecule has 0 spiro atoms. The molecule has 4 N–H and O–H groups in total. The number of benzene rings is 3. The maximum Gasteiger partial charge on any atom is 0.407 e. The van der Waals surface area contributed by atoms with E-state index in [2.05, 4.69) is 76.1 Å². The van der Waals surface area contributed by atoms with Crippen LogP contribution in [0.25, 0.3) is 44.4 Å². The van der Waals surface area contributed by atoms with Crippen molar-refractivity contribution in [2.75, 3.05) is 20.8 Å². The first-order valence-corrected chi connectivity index (χ1v) is 21.4. The number of nitrogens with zero attached hydrogens (tertiary/aromatic N) is 4. The fourth-order valence-electron chi connectivity index (χ4n) is 9.09. The van der Waals surface area contributed by atoms with Gasteiger partial charge in [0, 0.05) is 23.7 Å². The summed E-state index contributed by atoms with van der Waals surface area (Å²) in [6.07, 6.45) is 3.05. The second-order valence-corrected chi connectivity index (χ2v) is 17.8. The highest BCUT2D eigenvalue weighted by atomic mass is 35.5. The number of hydrogen-bond donors (Lipinski definition) is 4. The molecule has 0 bridgehead atoms. The van der Waals surface area contributed by atoms with E-state index in [9.17, 15) is 19.2 Å². The maximum atomic E-state index is 13.9. The molecule has 1 aliphatic carbocycles. The zero-order valence-electron chi connectivity index (χ0n) is 35.5. The van der Waals surface area contributed by atoms with Crippen molar-refractivity contribution in [3.63, 3.8) is 0 Å². The smallest absolute Gasteiger partial charge is 0.407 e. The zero-order valence-corrected chi connectivity index (χ0v) is 36.2. The molecule has 15 heteroatoms. The quantitative estimate of drug-likeness (QED) is 0.103. The third-order valence-corrected chi connectivity index (χ3v) is 12.8. The highest BCUT2D eigenvalue weighted by molar-refractivity contribution is 6.32. The summed E-state index contributed by atoms with van der Waals surface area (Å²) in [7, 11) is 2.58. The molecule has 4 heterocycles. The van der Waals surface area contributed by atoms with Gasteiger partial charge in [0.2, 0.25) is 11.8 Å². The predicted molar refractivity (Wildman–Crippen MR) is 232 cm³/mol. The molecule has 2 aliphatic heterocycles. The number of rotatable bonds is 11. The van der Waals surface area contributed by atoms with E-state index in [4.69, 9.17) is 31.0 Å². The topological polar surface area (TPSA) is 175 Å². The van der Waals surface area contributed by atoms with Crippen LogP contribution in [0.3, 0.4) is 0 Å². The number of amides is 4. The number of ether oxygens (including phenoxy) is 2. The minimum absolute atomic E-state index is 0.119. The maximum absolute atomic E-state index is 13.9. The molecule has 8 rings (SSSR count). The van der Waals surface area contributed by atoms with Gasteiger partial charge in [-0.05, 0) is 77.0 Å². The number of carbonyl (C=O) groups excluding carboxylic acids is 4. The van der Waals surface area contributed by atoms with Gasteiger partial charge < -0.3 is 39.9 Å². The Morgan fingerprint density at radius 2 is 1.33 bits per heavy atom. The van der Waals surface area contributed by atoms with Gasteiger partial charge in [0.25, 0.3) is 0 Å². The van der Waals surface area contributed by atoms with E-state index >= 15 is 0 Å². The summed E-state index contributed by atoms with van der Waals surface area (Å²) in [5.41, 5.74) is 5.41. The number of aromatic nitrogens is 4. The van der Waals surface area contributed by atoms with E-state index in [1.807, 2.05) is 55.8 Å². The SMILES string of the molecule is COC(=O)N[C@H](C(=O)N1C[C@@H](C)C[C@H]1c1ncc(-c2ccc3cc(-c4ccc(-c5nc([C@@H]6C[C@H]7C[C@H]7N6C(=O)[C@@H](NC(=O)OC)C(C)C)[nH]c5Cl)cc4)ccc3c2)[nH]1)C(C)C. The number of halogens is 1. The number of imidazole rings is 2. The number of likely N-dealkylation sites (tertiary alicyclic amines) is 2.